The van der Waals surface area contributed by atoms with Crippen molar-refractivity contribution in [1.29, 1.82) is 5.26 Å². The Hall–Kier alpha value is -1.63. The van der Waals surface area contributed by atoms with E-state index in [-0.39, 0.29) is 5.41 Å². The zero-order valence-electron chi connectivity index (χ0n) is 11.7. The molecule has 0 atom stereocenters. The van der Waals surface area contributed by atoms with E-state index < -0.39 is 0 Å². The van der Waals surface area contributed by atoms with Gasteiger partial charge in [-0.1, -0.05) is 64.5 Å². The van der Waals surface area contributed by atoms with E-state index in [4.69, 9.17) is 0 Å². The number of rotatable bonds is 4. The van der Waals surface area contributed by atoms with Gasteiger partial charge in [0.15, 0.2) is 0 Å². The van der Waals surface area contributed by atoms with Crippen LogP contribution in [0.2, 0.25) is 0 Å². The van der Waals surface area contributed by atoms with Crippen molar-refractivity contribution in [2.24, 2.45) is 0 Å². The summed E-state index contributed by atoms with van der Waals surface area (Å²) in [5, 5.41) is 13.1. The number of nitriles is 1. The quantitative estimate of drug-likeness (QED) is 0.906. The van der Waals surface area contributed by atoms with Crippen LogP contribution < -0.4 is 5.32 Å². The number of hydrogen-bond acceptors (Lipinski definition) is 2. The van der Waals surface area contributed by atoms with Gasteiger partial charge in [0.1, 0.15) is 0 Å². The minimum atomic E-state index is -0.299. The second-order valence-electron chi connectivity index (χ2n) is 5.64. The lowest BCUT2D eigenvalue weighted by Gasteiger charge is -2.43. The number of nitrogens with zero attached hydrogens (tertiary/aromatic N) is 1. The van der Waals surface area contributed by atoms with Crippen molar-refractivity contribution in [2.75, 3.05) is 0 Å². The van der Waals surface area contributed by atoms with E-state index in [0.717, 1.165) is 29.4 Å². The molecule has 0 unspecified atom stereocenters. The van der Waals surface area contributed by atoms with Gasteiger partial charge in [-0.2, -0.15) is 5.26 Å². The first-order valence-corrected chi connectivity index (χ1v) is 7.96. The Morgan fingerprint density at radius 2 is 1.76 bits per heavy atom. The molecule has 1 fully saturated rings. The van der Waals surface area contributed by atoms with Crippen molar-refractivity contribution in [3.8, 4) is 6.07 Å². The van der Waals surface area contributed by atoms with Gasteiger partial charge in [-0.25, -0.2) is 0 Å². The maximum Gasteiger partial charge on any atom is 0.0852 e. The predicted molar refractivity (Wildman–Crippen MR) is 87.7 cm³/mol. The summed E-state index contributed by atoms with van der Waals surface area (Å²) >= 11 is 3.57. The van der Waals surface area contributed by atoms with Crippen molar-refractivity contribution in [3.05, 3.63) is 70.2 Å². The van der Waals surface area contributed by atoms with E-state index in [9.17, 15) is 5.26 Å². The molecule has 0 aromatic heterocycles. The summed E-state index contributed by atoms with van der Waals surface area (Å²) in [7, 11) is 0. The van der Waals surface area contributed by atoms with Crippen LogP contribution in [0.3, 0.4) is 0 Å². The molecule has 1 N–H and O–H groups in total. The number of hydrogen-bond donors (Lipinski definition) is 1. The molecule has 1 saturated carbocycles. The molecular weight excluding hydrogens is 324 g/mol. The highest BCUT2D eigenvalue weighted by Crippen LogP contribution is 2.43. The second-order valence-corrected chi connectivity index (χ2v) is 6.49. The highest BCUT2D eigenvalue weighted by Gasteiger charge is 2.45. The lowest BCUT2D eigenvalue weighted by atomic mass is 9.62. The van der Waals surface area contributed by atoms with Gasteiger partial charge in [0.25, 0.3) is 0 Å². The monoisotopic (exact) mass is 340 g/mol. The highest BCUT2D eigenvalue weighted by molar-refractivity contribution is 9.10. The van der Waals surface area contributed by atoms with Gasteiger partial charge in [-0.3, -0.25) is 0 Å². The summed E-state index contributed by atoms with van der Waals surface area (Å²) in [5.74, 6) is 0. The zero-order chi connectivity index (χ0) is 14.7. The largest absolute Gasteiger partial charge is 0.310 e. The van der Waals surface area contributed by atoms with Gasteiger partial charge in [0.2, 0.25) is 0 Å². The maximum atomic E-state index is 9.55. The van der Waals surface area contributed by atoms with Crippen LogP contribution in [0.25, 0.3) is 0 Å². The fraction of sp³-hybridized carbons (Fsp3) is 0.278. The summed E-state index contributed by atoms with van der Waals surface area (Å²) in [6.45, 7) is 0.836. The molecule has 1 aliphatic rings. The predicted octanol–water partition coefficient (Wildman–Crippen LogP) is 4.16. The van der Waals surface area contributed by atoms with Crippen LogP contribution in [0.5, 0.6) is 0 Å². The van der Waals surface area contributed by atoms with Crippen LogP contribution in [0, 0.1) is 11.3 Å². The fourth-order valence-electron chi connectivity index (χ4n) is 2.97. The average Bonchev–Trinajstić information content (AvgIpc) is 2.49. The SMILES string of the molecule is N#CC1(c2ccccc2)CC(NCc2ccccc2Br)C1. The second kappa shape index (κ2) is 6.01. The Morgan fingerprint density at radius 3 is 2.43 bits per heavy atom. The topological polar surface area (TPSA) is 35.8 Å². The van der Waals surface area contributed by atoms with Gasteiger partial charge >= 0.3 is 0 Å². The lowest BCUT2D eigenvalue weighted by molar-refractivity contribution is 0.225. The normalized spacial score (nSPS) is 24.1. The van der Waals surface area contributed by atoms with E-state index in [0.29, 0.717) is 6.04 Å². The Balaban J connectivity index is 1.61. The van der Waals surface area contributed by atoms with E-state index in [1.54, 1.807) is 0 Å². The van der Waals surface area contributed by atoms with Crippen LogP contribution in [0.1, 0.15) is 24.0 Å². The number of nitrogens with one attached hydrogen (secondary N) is 1. The summed E-state index contributed by atoms with van der Waals surface area (Å²) < 4.78 is 1.13. The van der Waals surface area contributed by atoms with Crippen molar-refractivity contribution >= 4 is 15.9 Å². The van der Waals surface area contributed by atoms with Crippen molar-refractivity contribution < 1.29 is 0 Å². The molecule has 0 bridgehead atoms. The Labute approximate surface area is 133 Å². The van der Waals surface area contributed by atoms with Crippen molar-refractivity contribution in [3.63, 3.8) is 0 Å². The molecule has 0 radical (unpaired) electrons. The Morgan fingerprint density at radius 1 is 1.10 bits per heavy atom. The van der Waals surface area contributed by atoms with Crippen molar-refractivity contribution in [2.45, 2.75) is 30.8 Å². The molecule has 0 saturated heterocycles. The molecule has 1 aliphatic carbocycles. The van der Waals surface area contributed by atoms with Gasteiger partial charge in [0.05, 0.1) is 11.5 Å². The van der Waals surface area contributed by atoms with E-state index in [1.807, 2.05) is 30.3 Å². The molecule has 2 aromatic carbocycles. The van der Waals surface area contributed by atoms with Gasteiger partial charge < -0.3 is 5.32 Å². The fourth-order valence-corrected chi connectivity index (χ4v) is 3.40. The third kappa shape index (κ3) is 2.88. The molecule has 106 valence electrons. The van der Waals surface area contributed by atoms with E-state index in [2.05, 4.69) is 51.6 Å². The third-order valence-electron chi connectivity index (χ3n) is 4.27. The van der Waals surface area contributed by atoms with Crippen LogP contribution in [0.4, 0.5) is 0 Å². The molecule has 0 amide bonds. The molecular formula is C18H17BrN2. The first-order chi connectivity index (χ1) is 10.2. The zero-order valence-corrected chi connectivity index (χ0v) is 13.3. The minimum Gasteiger partial charge on any atom is -0.310 e. The maximum absolute atomic E-state index is 9.55. The first-order valence-electron chi connectivity index (χ1n) is 7.17. The summed E-state index contributed by atoms with van der Waals surface area (Å²) in [5.41, 5.74) is 2.10. The molecule has 0 spiro atoms. The van der Waals surface area contributed by atoms with Crippen LogP contribution in [-0.2, 0) is 12.0 Å². The van der Waals surface area contributed by atoms with E-state index >= 15 is 0 Å². The average molecular weight is 341 g/mol. The van der Waals surface area contributed by atoms with Gasteiger partial charge in [0, 0.05) is 17.1 Å². The molecule has 0 heterocycles. The smallest absolute Gasteiger partial charge is 0.0852 e. The first kappa shape index (κ1) is 14.3. The lowest BCUT2D eigenvalue weighted by Crippen LogP contribution is -2.50. The van der Waals surface area contributed by atoms with Gasteiger partial charge in [-0.15, -0.1) is 0 Å². The van der Waals surface area contributed by atoms with Crippen LogP contribution in [-0.4, -0.2) is 6.04 Å². The Kier molecular flexibility index (Phi) is 4.10. The van der Waals surface area contributed by atoms with E-state index in [1.165, 1.54) is 5.56 Å². The molecule has 21 heavy (non-hydrogen) atoms. The third-order valence-corrected chi connectivity index (χ3v) is 5.04. The summed E-state index contributed by atoms with van der Waals surface area (Å²) in [6, 6.07) is 21.3. The highest BCUT2D eigenvalue weighted by atomic mass is 79.9. The van der Waals surface area contributed by atoms with Crippen LogP contribution >= 0.6 is 15.9 Å². The molecule has 0 aliphatic heterocycles. The minimum absolute atomic E-state index is 0.299. The molecule has 2 aromatic rings. The van der Waals surface area contributed by atoms with Crippen molar-refractivity contribution in [1.82, 2.24) is 5.32 Å². The molecule has 3 rings (SSSR count). The summed E-state index contributed by atoms with van der Waals surface area (Å²) in [6.07, 6.45) is 1.77. The number of halogens is 1. The standard InChI is InChI=1S/C18H17BrN2/c19-17-9-5-4-6-14(17)12-21-16-10-18(11-16,13-20)15-7-2-1-3-8-15/h1-9,16,21H,10-12H2. The van der Waals surface area contributed by atoms with Crippen LogP contribution in [0.15, 0.2) is 59.1 Å². The summed E-state index contributed by atoms with van der Waals surface area (Å²) in [4.78, 5) is 0. The van der Waals surface area contributed by atoms with Gasteiger partial charge in [-0.05, 0) is 30.0 Å². The Bertz CT molecular complexity index is 654. The molecule has 2 nitrogen and oxygen atoms in total. The molecule has 3 heteroatoms. The number of benzene rings is 2.